The number of esters is 1. The predicted octanol–water partition coefficient (Wildman–Crippen LogP) is 1.05. The molecule has 0 saturated carbocycles. The van der Waals surface area contributed by atoms with Gasteiger partial charge in [-0.05, 0) is 23.8 Å². The number of rotatable bonds is 4. The van der Waals surface area contributed by atoms with Gasteiger partial charge in [0.2, 0.25) is 0 Å². The SMILES string of the molecule is COC(=O)/C=C/c1ccc(OS(=O)(=O)O)cc1. The van der Waals surface area contributed by atoms with Crippen molar-refractivity contribution in [2.24, 2.45) is 0 Å². The third kappa shape index (κ3) is 5.14. The van der Waals surface area contributed by atoms with Gasteiger partial charge in [0.15, 0.2) is 0 Å². The van der Waals surface area contributed by atoms with E-state index >= 15 is 0 Å². The van der Waals surface area contributed by atoms with E-state index in [0.717, 1.165) is 0 Å². The Labute approximate surface area is 98.4 Å². The van der Waals surface area contributed by atoms with Gasteiger partial charge in [0.1, 0.15) is 5.75 Å². The molecule has 7 heteroatoms. The Bertz CT molecular complexity index is 514. The van der Waals surface area contributed by atoms with Crippen LogP contribution in [0, 0.1) is 0 Å². The van der Waals surface area contributed by atoms with Crippen LogP contribution in [0.3, 0.4) is 0 Å². The van der Waals surface area contributed by atoms with Crippen LogP contribution in [0.4, 0.5) is 0 Å². The second kappa shape index (κ2) is 5.46. The summed E-state index contributed by atoms with van der Waals surface area (Å²) in [5, 5.41) is 0. The van der Waals surface area contributed by atoms with E-state index in [0.29, 0.717) is 5.56 Å². The average molecular weight is 258 g/mol. The molecule has 1 aromatic carbocycles. The molecule has 1 aromatic rings. The summed E-state index contributed by atoms with van der Waals surface area (Å²) >= 11 is 0. The lowest BCUT2D eigenvalue weighted by Crippen LogP contribution is -2.06. The van der Waals surface area contributed by atoms with E-state index in [1.807, 2.05) is 0 Å². The second-order valence-corrected chi connectivity index (χ2v) is 3.96. The summed E-state index contributed by atoms with van der Waals surface area (Å²) in [4.78, 5) is 10.8. The van der Waals surface area contributed by atoms with Crippen molar-refractivity contribution in [3.05, 3.63) is 35.9 Å². The Morgan fingerprint density at radius 1 is 1.29 bits per heavy atom. The largest absolute Gasteiger partial charge is 0.466 e. The van der Waals surface area contributed by atoms with E-state index in [9.17, 15) is 13.2 Å². The van der Waals surface area contributed by atoms with Crippen LogP contribution in [0.15, 0.2) is 30.3 Å². The van der Waals surface area contributed by atoms with Crippen molar-refractivity contribution in [3.63, 3.8) is 0 Å². The topological polar surface area (TPSA) is 89.9 Å². The lowest BCUT2D eigenvalue weighted by Gasteiger charge is -2.00. The van der Waals surface area contributed by atoms with Crippen LogP contribution < -0.4 is 4.18 Å². The van der Waals surface area contributed by atoms with Gasteiger partial charge in [-0.3, -0.25) is 4.55 Å². The standard InChI is InChI=1S/C10H10O6S/c1-15-10(11)7-4-8-2-5-9(6-3-8)16-17(12,13)14/h2-7H,1H3,(H,12,13,14)/b7-4+. The van der Waals surface area contributed by atoms with Crippen molar-refractivity contribution >= 4 is 22.4 Å². The van der Waals surface area contributed by atoms with Crippen molar-refractivity contribution < 1.29 is 26.7 Å². The van der Waals surface area contributed by atoms with Gasteiger partial charge in [0, 0.05) is 6.08 Å². The third-order valence-electron chi connectivity index (χ3n) is 1.69. The smallest absolute Gasteiger partial charge is 0.446 e. The number of hydrogen-bond acceptors (Lipinski definition) is 5. The van der Waals surface area contributed by atoms with Crippen LogP contribution in [-0.2, 0) is 19.9 Å². The van der Waals surface area contributed by atoms with Gasteiger partial charge in [-0.2, -0.15) is 8.42 Å². The minimum absolute atomic E-state index is 0.0253. The van der Waals surface area contributed by atoms with Crippen LogP contribution in [-0.4, -0.2) is 26.0 Å². The predicted molar refractivity (Wildman–Crippen MR) is 59.7 cm³/mol. The van der Waals surface area contributed by atoms with E-state index < -0.39 is 16.4 Å². The van der Waals surface area contributed by atoms with Gasteiger partial charge in [-0.1, -0.05) is 12.1 Å². The number of carbonyl (C=O) groups excluding carboxylic acids is 1. The Hall–Kier alpha value is -1.86. The molecule has 0 aliphatic heterocycles. The third-order valence-corrected chi connectivity index (χ3v) is 2.10. The molecule has 0 fully saturated rings. The quantitative estimate of drug-likeness (QED) is 0.493. The molecule has 0 unspecified atom stereocenters. The molecule has 0 aliphatic carbocycles. The summed E-state index contributed by atoms with van der Waals surface area (Å²) in [6, 6.07) is 5.70. The molecule has 0 radical (unpaired) electrons. The Balaban J connectivity index is 2.75. The van der Waals surface area contributed by atoms with Gasteiger partial charge < -0.3 is 8.92 Å². The van der Waals surface area contributed by atoms with Crippen LogP contribution >= 0.6 is 0 Å². The first-order chi connectivity index (χ1) is 7.90. The molecule has 0 bridgehead atoms. The molecule has 6 nitrogen and oxygen atoms in total. The van der Waals surface area contributed by atoms with E-state index in [1.54, 1.807) is 0 Å². The van der Waals surface area contributed by atoms with Gasteiger partial charge in [-0.25, -0.2) is 4.79 Å². The summed E-state index contributed by atoms with van der Waals surface area (Å²) in [6.07, 6.45) is 2.71. The van der Waals surface area contributed by atoms with Crippen molar-refractivity contribution in [1.29, 1.82) is 0 Å². The number of ether oxygens (including phenoxy) is 1. The molecular formula is C10H10O6S. The first-order valence-electron chi connectivity index (χ1n) is 4.44. The van der Waals surface area contributed by atoms with E-state index in [-0.39, 0.29) is 5.75 Å². The molecule has 0 amide bonds. The molecular weight excluding hydrogens is 248 g/mol. The summed E-state index contributed by atoms with van der Waals surface area (Å²) in [6.45, 7) is 0. The fourth-order valence-electron chi connectivity index (χ4n) is 0.988. The minimum atomic E-state index is -4.51. The number of methoxy groups -OCH3 is 1. The van der Waals surface area contributed by atoms with Crippen LogP contribution in [0.2, 0.25) is 0 Å². The zero-order valence-electron chi connectivity index (χ0n) is 8.86. The van der Waals surface area contributed by atoms with Gasteiger partial charge in [0.05, 0.1) is 7.11 Å². The summed E-state index contributed by atoms with van der Waals surface area (Å²) < 4.78 is 37.8. The molecule has 0 spiro atoms. The maximum Gasteiger partial charge on any atom is 0.446 e. The van der Waals surface area contributed by atoms with Crippen molar-refractivity contribution in [3.8, 4) is 5.75 Å². The fraction of sp³-hybridized carbons (Fsp3) is 0.100. The normalized spacial score (nSPS) is 11.4. The molecule has 0 heterocycles. The zero-order valence-corrected chi connectivity index (χ0v) is 9.68. The molecule has 17 heavy (non-hydrogen) atoms. The Kier molecular flexibility index (Phi) is 4.24. The molecule has 0 atom stereocenters. The van der Waals surface area contributed by atoms with E-state index in [4.69, 9.17) is 4.55 Å². The second-order valence-electron chi connectivity index (χ2n) is 2.94. The highest BCUT2D eigenvalue weighted by Crippen LogP contribution is 2.14. The lowest BCUT2D eigenvalue weighted by atomic mass is 10.2. The lowest BCUT2D eigenvalue weighted by molar-refractivity contribution is -0.134. The Morgan fingerprint density at radius 2 is 1.88 bits per heavy atom. The number of benzene rings is 1. The number of carbonyl (C=O) groups is 1. The Morgan fingerprint density at radius 3 is 2.35 bits per heavy atom. The van der Waals surface area contributed by atoms with Gasteiger partial charge in [0.25, 0.3) is 0 Å². The van der Waals surface area contributed by atoms with Gasteiger partial charge >= 0.3 is 16.4 Å². The summed E-state index contributed by atoms with van der Waals surface area (Å²) in [5.74, 6) is -0.522. The highest BCUT2D eigenvalue weighted by molar-refractivity contribution is 7.81. The van der Waals surface area contributed by atoms with Crippen LogP contribution in [0.1, 0.15) is 5.56 Å². The van der Waals surface area contributed by atoms with Crippen molar-refractivity contribution in [2.75, 3.05) is 7.11 Å². The minimum Gasteiger partial charge on any atom is -0.466 e. The zero-order chi connectivity index (χ0) is 12.9. The summed E-state index contributed by atoms with van der Waals surface area (Å²) in [7, 11) is -3.25. The van der Waals surface area contributed by atoms with Crippen molar-refractivity contribution in [2.45, 2.75) is 0 Å². The van der Waals surface area contributed by atoms with Crippen LogP contribution in [0.25, 0.3) is 6.08 Å². The van der Waals surface area contributed by atoms with Crippen LogP contribution in [0.5, 0.6) is 5.75 Å². The fourth-order valence-corrected chi connectivity index (χ4v) is 1.34. The average Bonchev–Trinajstić information content (AvgIpc) is 2.25. The molecule has 92 valence electrons. The first-order valence-corrected chi connectivity index (χ1v) is 5.80. The maximum atomic E-state index is 10.8. The molecule has 1 N–H and O–H groups in total. The highest BCUT2D eigenvalue weighted by atomic mass is 32.3. The van der Waals surface area contributed by atoms with Crippen molar-refractivity contribution in [1.82, 2.24) is 0 Å². The maximum absolute atomic E-state index is 10.8. The molecule has 0 aromatic heterocycles. The molecule has 1 rings (SSSR count). The van der Waals surface area contributed by atoms with Gasteiger partial charge in [-0.15, -0.1) is 0 Å². The van der Waals surface area contributed by atoms with E-state index in [2.05, 4.69) is 8.92 Å². The highest BCUT2D eigenvalue weighted by Gasteiger charge is 2.05. The number of hydrogen-bond donors (Lipinski definition) is 1. The monoisotopic (exact) mass is 258 g/mol. The molecule has 0 aliphatic rings. The first kappa shape index (κ1) is 13.2. The van der Waals surface area contributed by atoms with E-state index in [1.165, 1.54) is 43.5 Å². The summed E-state index contributed by atoms with van der Waals surface area (Å²) in [5.41, 5.74) is 0.651. The molecule has 0 saturated heterocycles.